The largest absolute Gasteiger partial charge is 0.481 e. The number of hydrogen-bond acceptors (Lipinski definition) is 5. The summed E-state index contributed by atoms with van der Waals surface area (Å²) in [5.74, 6) is -3.20. The molecule has 2 fully saturated rings. The number of nitrogens with zero attached hydrogens (tertiary/aromatic N) is 2. The predicted octanol–water partition coefficient (Wildman–Crippen LogP) is 3.19. The van der Waals surface area contributed by atoms with Crippen LogP contribution in [0.1, 0.15) is 24.0 Å². The van der Waals surface area contributed by atoms with Gasteiger partial charge in [-0.15, -0.1) is 0 Å². The number of thioether (sulfide) groups is 1. The Morgan fingerprint density at radius 3 is 2.09 bits per heavy atom. The highest BCUT2D eigenvalue weighted by Gasteiger charge is 2.50. The van der Waals surface area contributed by atoms with E-state index in [1.54, 1.807) is 0 Å². The van der Waals surface area contributed by atoms with Gasteiger partial charge in [0.25, 0.3) is 0 Å². The van der Waals surface area contributed by atoms with Gasteiger partial charge in [-0.25, -0.2) is 8.42 Å². The van der Waals surface area contributed by atoms with Gasteiger partial charge in [0.15, 0.2) is 15.0 Å². The Labute approximate surface area is 181 Å². The number of carboxylic acids is 1. The first-order chi connectivity index (χ1) is 14.6. The highest BCUT2D eigenvalue weighted by molar-refractivity contribution is 8.16. The molecule has 176 valence electrons. The molecule has 3 rings (SSSR count). The maximum atomic E-state index is 13.3. The molecule has 0 aromatic heterocycles. The maximum Gasteiger partial charge on any atom is 0.416 e. The number of sulfone groups is 1. The number of aliphatic carboxylic acids is 1. The van der Waals surface area contributed by atoms with Crippen LogP contribution in [0.4, 0.5) is 32.0 Å². The standard InChI is InChI=1S/C17H14F6N2O5S2/c18-16(19,20)8-3-9(17(21,22)23)5-10(4-8)25-11-6-32(29,30)7-12(11)31-15(25)24-13(26)1-2-14(27)28/h3-5,11-12H,1-2,6-7H2,(H,27,28)/t11-,12-/m0/s1. The van der Waals surface area contributed by atoms with Crippen molar-refractivity contribution in [3.8, 4) is 0 Å². The topological polar surface area (TPSA) is 104 Å². The van der Waals surface area contributed by atoms with Crippen LogP contribution in [-0.2, 0) is 31.8 Å². The number of rotatable bonds is 4. The van der Waals surface area contributed by atoms with Gasteiger partial charge in [0.05, 0.1) is 35.1 Å². The Morgan fingerprint density at radius 1 is 1.03 bits per heavy atom. The molecule has 2 aliphatic heterocycles. The summed E-state index contributed by atoms with van der Waals surface area (Å²) in [5.41, 5.74) is -3.82. The number of carbonyl (C=O) groups excluding carboxylic acids is 1. The minimum absolute atomic E-state index is 0.0651. The summed E-state index contributed by atoms with van der Waals surface area (Å²) in [6.07, 6.45) is -11.4. The maximum absolute atomic E-state index is 13.3. The van der Waals surface area contributed by atoms with Crippen molar-refractivity contribution in [2.45, 2.75) is 36.5 Å². The van der Waals surface area contributed by atoms with Gasteiger partial charge in [-0.3, -0.25) is 9.59 Å². The molecule has 7 nitrogen and oxygen atoms in total. The first kappa shape index (κ1) is 24.4. The van der Waals surface area contributed by atoms with Crippen molar-refractivity contribution >= 4 is 44.3 Å². The lowest BCUT2D eigenvalue weighted by Gasteiger charge is -2.26. The molecule has 2 heterocycles. The van der Waals surface area contributed by atoms with E-state index in [2.05, 4.69) is 4.99 Å². The van der Waals surface area contributed by atoms with Crippen LogP contribution in [0.25, 0.3) is 0 Å². The Hall–Kier alpha value is -2.29. The second kappa shape index (κ2) is 8.24. The molecule has 2 atom stereocenters. The summed E-state index contributed by atoms with van der Waals surface area (Å²) in [6, 6.07) is -0.244. The Morgan fingerprint density at radius 2 is 1.59 bits per heavy atom. The molecule has 0 spiro atoms. The lowest BCUT2D eigenvalue weighted by Crippen LogP contribution is -2.38. The zero-order valence-corrected chi connectivity index (χ0v) is 17.4. The summed E-state index contributed by atoms with van der Waals surface area (Å²) in [7, 11) is -3.62. The molecular weight excluding hydrogens is 490 g/mol. The fraction of sp³-hybridized carbons (Fsp3) is 0.471. The molecule has 1 aromatic carbocycles. The normalized spacial score (nSPS) is 24.1. The lowest BCUT2D eigenvalue weighted by molar-refractivity contribution is -0.143. The zero-order chi connectivity index (χ0) is 24.1. The van der Waals surface area contributed by atoms with Gasteiger partial charge in [-0.05, 0) is 18.2 Å². The van der Waals surface area contributed by atoms with Crippen molar-refractivity contribution in [2.24, 2.45) is 4.99 Å². The number of alkyl halides is 6. The molecule has 15 heteroatoms. The highest BCUT2D eigenvalue weighted by Crippen LogP contribution is 2.44. The average Bonchev–Trinajstić information content (AvgIpc) is 3.08. The first-order valence-corrected chi connectivity index (χ1v) is 11.6. The van der Waals surface area contributed by atoms with Crippen LogP contribution < -0.4 is 4.90 Å². The van der Waals surface area contributed by atoms with Crippen LogP contribution in [0.15, 0.2) is 23.2 Å². The number of amides is 1. The number of aliphatic imine (C=N–C) groups is 1. The highest BCUT2D eigenvalue weighted by atomic mass is 32.2. The second-order valence-corrected chi connectivity index (χ2v) is 10.5. The number of halogens is 6. The van der Waals surface area contributed by atoms with Crippen LogP contribution in [-0.4, -0.2) is 53.4 Å². The van der Waals surface area contributed by atoms with E-state index in [1.807, 2.05) is 0 Å². The monoisotopic (exact) mass is 504 g/mol. The van der Waals surface area contributed by atoms with E-state index in [0.717, 1.165) is 16.7 Å². The van der Waals surface area contributed by atoms with Gasteiger partial charge in [0.1, 0.15) is 0 Å². The van der Waals surface area contributed by atoms with Crippen LogP contribution in [0.5, 0.6) is 0 Å². The molecule has 0 unspecified atom stereocenters. The molecule has 0 bridgehead atoms. The lowest BCUT2D eigenvalue weighted by atomic mass is 10.1. The summed E-state index contributed by atoms with van der Waals surface area (Å²) >= 11 is 0.742. The molecule has 2 saturated heterocycles. The summed E-state index contributed by atoms with van der Waals surface area (Å²) in [4.78, 5) is 27.2. The number of benzene rings is 1. The zero-order valence-electron chi connectivity index (χ0n) is 15.8. The summed E-state index contributed by atoms with van der Waals surface area (Å²) < 4.78 is 104. The van der Waals surface area contributed by atoms with Crippen molar-refractivity contribution in [3.05, 3.63) is 29.3 Å². The predicted molar refractivity (Wildman–Crippen MR) is 102 cm³/mol. The summed E-state index contributed by atoms with van der Waals surface area (Å²) in [5, 5.41) is 7.61. The van der Waals surface area contributed by atoms with Gasteiger partial charge in [-0.2, -0.15) is 31.3 Å². The van der Waals surface area contributed by atoms with Crippen LogP contribution in [0.3, 0.4) is 0 Å². The molecule has 0 radical (unpaired) electrons. The Bertz CT molecular complexity index is 1050. The van der Waals surface area contributed by atoms with Crippen molar-refractivity contribution in [3.63, 3.8) is 0 Å². The number of fused-ring (bicyclic) bond motifs is 1. The van der Waals surface area contributed by atoms with E-state index in [9.17, 15) is 44.3 Å². The molecule has 0 aliphatic carbocycles. The molecule has 32 heavy (non-hydrogen) atoms. The molecule has 0 saturated carbocycles. The van der Waals surface area contributed by atoms with Gasteiger partial charge >= 0.3 is 18.3 Å². The SMILES string of the molecule is O=C(O)CCC(=O)N=C1S[C@H]2CS(=O)(=O)C[C@@H]2N1c1cc(C(F)(F)F)cc(C(F)(F)F)c1. The van der Waals surface area contributed by atoms with Crippen LogP contribution >= 0.6 is 11.8 Å². The van der Waals surface area contributed by atoms with E-state index in [0.29, 0.717) is 12.1 Å². The third-order valence-electron chi connectivity index (χ3n) is 4.69. The number of anilines is 1. The minimum Gasteiger partial charge on any atom is -0.481 e. The van der Waals surface area contributed by atoms with Gasteiger partial charge in [0.2, 0.25) is 5.91 Å². The fourth-order valence-corrected chi connectivity index (χ4v) is 7.25. The van der Waals surface area contributed by atoms with Gasteiger partial charge in [0, 0.05) is 17.4 Å². The third-order valence-corrected chi connectivity index (χ3v) is 7.90. The van der Waals surface area contributed by atoms with Gasteiger partial charge < -0.3 is 10.0 Å². The Kier molecular flexibility index (Phi) is 6.27. The van der Waals surface area contributed by atoms with E-state index in [4.69, 9.17) is 5.11 Å². The molecular formula is C17H14F6N2O5S2. The molecule has 1 amide bonds. The van der Waals surface area contributed by atoms with E-state index >= 15 is 0 Å². The Balaban J connectivity index is 2.11. The van der Waals surface area contributed by atoms with Gasteiger partial charge in [-0.1, -0.05) is 11.8 Å². The van der Waals surface area contributed by atoms with E-state index in [-0.39, 0.29) is 11.2 Å². The van der Waals surface area contributed by atoms with Crippen molar-refractivity contribution in [1.82, 2.24) is 0 Å². The quantitative estimate of drug-likeness (QED) is 0.628. The average molecular weight is 504 g/mol. The fourth-order valence-electron chi connectivity index (χ4n) is 3.32. The number of carbonyl (C=O) groups is 2. The number of hydrogen-bond donors (Lipinski definition) is 1. The number of amidine groups is 1. The van der Waals surface area contributed by atoms with E-state index in [1.165, 1.54) is 0 Å². The smallest absolute Gasteiger partial charge is 0.416 e. The minimum atomic E-state index is -5.13. The molecule has 1 N–H and O–H groups in total. The first-order valence-electron chi connectivity index (χ1n) is 8.86. The number of carboxylic acid groups (broad SMARTS) is 1. The third kappa shape index (κ3) is 5.36. The van der Waals surface area contributed by atoms with Crippen LogP contribution in [0.2, 0.25) is 0 Å². The molecule has 2 aliphatic rings. The second-order valence-electron chi connectivity index (χ2n) is 7.12. The molecule has 1 aromatic rings. The van der Waals surface area contributed by atoms with E-state index < -0.39 is 86.5 Å². The van der Waals surface area contributed by atoms with Crippen molar-refractivity contribution in [1.29, 1.82) is 0 Å². The van der Waals surface area contributed by atoms with Crippen LogP contribution in [0, 0.1) is 0 Å². The van der Waals surface area contributed by atoms with Crippen molar-refractivity contribution < 1.29 is 49.5 Å². The summed E-state index contributed by atoms with van der Waals surface area (Å²) in [6.45, 7) is 0. The van der Waals surface area contributed by atoms with Crippen molar-refractivity contribution in [2.75, 3.05) is 16.4 Å².